The van der Waals surface area contributed by atoms with Crippen molar-refractivity contribution < 1.29 is 9.21 Å². The molecule has 29 heavy (non-hydrogen) atoms. The Morgan fingerprint density at radius 2 is 2.00 bits per heavy atom. The summed E-state index contributed by atoms with van der Waals surface area (Å²) in [5, 5.41) is 5.73. The molecule has 3 rings (SSSR count). The molecular formula is C23H35N3O2S. The van der Waals surface area contributed by atoms with Gasteiger partial charge in [0.2, 0.25) is 11.8 Å². The third-order valence-electron chi connectivity index (χ3n) is 5.63. The normalized spacial score (nSPS) is 18.7. The van der Waals surface area contributed by atoms with Gasteiger partial charge in [0.15, 0.2) is 0 Å². The molecule has 0 spiro atoms. The molecule has 5 nitrogen and oxygen atoms in total. The van der Waals surface area contributed by atoms with E-state index in [1.54, 1.807) is 11.3 Å². The third kappa shape index (κ3) is 5.48. The molecule has 160 valence electrons. The Morgan fingerprint density at radius 3 is 2.59 bits per heavy atom. The van der Waals surface area contributed by atoms with Gasteiger partial charge in [-0.1, -0.05) is 19.4 Å². The quantitative estimate of drug-likeness (QED) is 0.673. The average molecular weight is 418 g/mol. The molecule has 1 amide bonds. The van der Waals surface area contributed by atoms with Crippen molar-refractivity contribution in [2.24, 2.45) is 0 Å². The third-order valence-corrected chi connectivity index (χ3v) is 6.48. The lowest BCUT2D eigenvalue weighted by molar-refractivity contribution is -0.134. The van der Waals surface area contributed by atoms with E-state index in [0.717, 1.165) is 48.6 Å². The van der Waals surface area contributed by atoms with Crippen LogP contribution in [0.1, 0.15) is 71.8 Å². The smallest absolute Gasteiger partial charge is 0.236 e. The highest BCUT2D eigenvalue weighted by Crippen LogP contribution is 2.32. The second-order valence-corrected chi connectivity index (χ2v) is 10.5. The number of hydrogen-bond acceptors (Lipinski definition) is 5. The molecule has 0 aromatic carbocycles. The van der Waals surface area contributed by atoms with Crippen molar-refractivity contribution in [2.45, 2.75) is 90.8 Å². The summed E-state index contributed by atoms with van der Waals surface area (Å²) in [7, 11) is 0. The second-order valence-electron chi connectivity index (χ2n) is 9.57. The first-order valence-corrected chi connectivity index (χ1v) is 11.6. The Hall–Kier alpha value is -1.66. The first-order valence-electron chi connectivity index (χ1n) is 10.7. The van der Waals surface area contributed by atoms with Crippen LogP contribution in [0.5, 0.6) is 0 Å². The lowest BCUT2D eigenvalue weighted by Crippen LogP contribution is -2.63. The molecule has 1 fully saturated rings. The van der Waals surface area contributed by atoms with Gasteiger partial charge < -0.3 is 14.6 Å². The summed E-state index contributed by atoms with van der Waals surface area (Å²) in [5.74, 6) is 1.51. The van der Waals surface area contributed by atoms with Crippen molar-refractivity contribution in [3.8, 4) is 10.8 Å². The van der Waals surface area contributed by atoms with Gasteiger partial charge in [-0.15, -0.1) is 11.3 Å². The molecule has 2 aromatic rings. The van der Waals surface area contributed by atoms with E-state index in [1.807, 2.05) is 24.4 Å². The SMILES string of the molecule is CCCCN(C(=O)Cc1nc(-c2cccs2)oc1C)C1CC(C)(C)NC(C)(C)C1. The second kappa shape index (κ2) is 8.60. The number of aryl methyl sites for hydroxylation is 1. The number of nitrogens with zero attached hydrogens (tertiary/aromatic N) is 2. The molecule has 0 atom stereocenters. The van der Waals surface area contributed by atoms with Gasteiger partial charge in [0.1, 0.15) is 5.76 Å². The van der Waals surface area contributed by atoms with Crippen LogP contribution in [-0.2, 0) is 11.2 Å². The summed E-state index contributed by atoms with van der Waals surface area (Å²) in [6.07, 6.45) is 4.32. The average Bonchev–Trinajstić information content (AvgIpc) is 3.23. The van der Waals surface area contributed by atoms with E-state index in [9.17, 15) is 4.79 Å². The number of carbonyl (C=O) groups excluding carboxylic acids is 1. The molecule has 3 heterocycles. The summed E-state index contributed by atoms with van der Waals surface area (Å²) in [5.41, 5.74) is 0.771. The minimum atomic E-state index is 0.00725. The van der Waals surface area contributed by atoms with E-state index in [1.165, 1.54) is 0 Å². The number of rotatable bonds is 7. The van der Waals surface area contributed by atoms with Crippen LogP contribution in [0.4, 0.5) is 0 Å². The highest BCUT2D eigenvalue weighted by atomic mass is 32.1. The van der Waals surface area contributed by atoms with Gasteiger partial charge in [0.05, 0.1) is 17.0 Å². The molecule has 0 aliphatic carbocycles. The van der Waals surface area contributed by atoms with Crippen molar-refractivity contribution in [3.63, 3.8) is 0 Å². The molecule has 1 N–H and O–H groups in total. The number of piperidine rings is 1. The molecule has 0 saturated carbocycles. The molecule has 2 aromatic heterocycles. The highest BCUT2D eigenvalue weighted by molar-refractivity contribution is 7.13. The Bertz CT molecular complexity index is 807. The number of thiophene rings is 1. The summed E-state index contributed by atoms with van der Waals surface area (Å²) in [4.78, 5) is 21.2. The predicted octanol–water partition coefficient (Wildman–Crippen LogP) is 5.19. The molecule has 0 radical (unpaired) electrons. The van der Waals surface area contributed by atoms with Crippen LogP contribution in [0.15, 0.2) is 21.9 Å². The zero-order valence-corrected chi connectivity index (χ0v) is 19.5. The standard InChI is InChI=1S/C23H35N3O2S/c1-7-8-11-26(17-14-22(3,4)25-23(5,6)15-17)20(27)13-18-16(2)28-21(24-18)19-10-9-12-29-19/h9-10,12,17,25H,7-8,11,13-15H2,1-6H3. The number of aromatic nitrogens is 1. The molecule has 1 aliphatic rings. The fourth-order valence-corrected chi connectivity index (χ4v) is 5.32. The zero-order valence-electron chi connectivity index (χ0n) is 18.7. The van der Waals surface area contributed by atoms with Gasteiger partial charge in [-0.25, -0.2) is 4.98 Å². The van der Waals surface area contributed by atoms with Crippen LogP contribution in [-0.4, -0.2) is 39.5 Å². The van der Waals surface area contributed by atoms with Crippen molar-refractivity contribution >= 4 is 17.2 Å². The number of amides is 1. The van der Waals surface area contributed by atoms with E-state index in [4.69, 9.17) is 4.42 Å². The fraction of sp³-hybridized carbons (Fsp3) is 0.652. The molecule has 0 bridgehead atoms. The minimum Gasteiger partial charge on any atom is -0.440 e. The van der Waals surface area contributed by atoms with Gasteiger partial charge in [-0.05, 0) is 65.3 Å². The molecule has 0 unspecified atom stereocenters. The van der Waals surface area contributed by atoms with Crippen molar-refractivity contribution in [2.75, 3.05) is 6.54 Å². The summed E-state index contributed by atoms with van der Waals surface area (Å²) in [6.45, 7) is 13.8. The highest BCUT2D eigenvalue weighted by Gasteiger charge is 2.41. The maximum atomic E-state index is 13.4. The van der Waals surface area contributed by atoms with E-state index >= 15 is 0 Å². The number of nitrogens with one attached hydrogen (secondary N) is 1. The molecule has 6 heteroatoms. The molecular weight excluding hydrogens is 382 g/mol. The Kier molecular flexibility index (Phi) is 6.54. The fourth-order valence-electron chi connectivity index (χ4n) is 4.67. The Balaban J connectivity index is 1.79. The number of hydrogen-bond donors (Lipinski definition) is 1. The van der Waals surface area contributed by atoms with Gasteiger partial charge in [-0.2, -0.15) is 0 Å². The number of oxazole rings is 1. The van der Waals surface area contributed by atoms with Gasteiger partial charge >= 0.3 is 0 Å². The van der Waals surface area contributed by atoms with E-state index in [-0.39, 0.29) is 23.0 Å². The van der Waals surface area contributed by atoms with Crippen molar-refractivity contribution in [3.05, 3.63) is 29.0 Å². The monoisotopic (exact) mass is 417 g/mol. The van der Waals surface area contributed by atoms with Crippen LogP contribution in [0.25, 0.3) is 10.8 Å². The van der Waals surface area contributed by atoms with Gasteiger partial charge in [0.25, 0.3) is 0 Å². The summed E-state index contributed by atoms with van der Waals surface area (Å²) in [6, 6.07) is 4.22. The predicted molar refractivity (Wildman–Crippen MR) is 119 cm³/mol. The van der Waals surface area contributed by atoms with Crippen LogP contribution in [0.3, 0.4) is 0 Å². The van der Waals surface area contributed by atoms with E-state index in [0.29, 0.717) is 12.3 Å². The summed E-state index contributed by atoms with van der Waals surface area (Å²) < 4.78 is 5.85. The largest absolute Gasteiger partial charge is 0.440 e. The Morgan fingerprint density at radius 1 is 1.31 bits per heavy atom. The van der Waals surface area contributed by atoms with E-state index in [2.05, 4.69) is 49.8 Å². The first kappa shape index (κ1) is 22.0. The topological polar surface area (TPSA) is 58.4 Å². The lowest BCUT2D eigenvalue weighted by Gasteiger charge is -2.49. The number of carbonyl (C=O) groups is 1. The molecule has 1 aliphatic heterocycles. The lowest BCUT2D eigenvalue weighted by atomic mass is 9.79. The minimum absolute atomic E-state index is 0.00725. The molecule has 1 saturated heterocycles. The first-order chi connectivity index (χ1) is 13.6. The van der Waals surface area contributed by atoms with Crippen molar-refractivity contribution in [1.29, 1.82) is 0 Å². The summed E-state index contributed by atoms with van der Waals surface area (Å²) >= 11 is 1.60. The maximum Gasteiger partial charge on any atom is 0.236 e. The number of unbranched alkanes of at least 4 members (excludes halogenated alkanes) is 1. The van der Waals surface area contributed by atoms with E-state index < -0.39 is 0 Å². The maximum absolute atomic E-state index is 13.4. The van der Waals surface area contributed by atoms with Crippen molar-refractivity contribution in [1.82, 2.24) is 15.2 Å². The zero-order chi connectivity index (χ0) is 21.2. The van der Waals surface area contributed by atoms with Crippen LogP contribution >= 0.6 is 11.3 Å². The van der Waals surface area contributed by atoms with Crippen LogP contribution in [0.2, 0.25) is 0 Å². The van der Waals surface area contributed by atoms with Crippen LogP contribution < -0.4 is 5.32 Å². The Labute approximate surface area is 178 Å². The van der Waals surface area contributed by atoms with Crippen LogP contribution in [0, 0.1) is 6.92 Å². The van der Waals surface area contributed by atoms with Gasteiger partial charge in [0, 0.05) is 23.7 Å². The van der Waals surface area contributed by atoms with Gasteiger partial charge in [-0.3, -0.25) is 4.79 Å².